The summed E-state index contributed by atoms with van der Waals surface area (Å²) in [6, 6.07) is 4.32. The molecule has 0 bridgehead atoms. The van der Waals surface area contributed by atoms with E-state index in [9.17, 15) is 9.18 Å². The summed E-state index contributed by atoms with van der Waals surface area (Å²) in [4.78, 5) is 14.7. The van der Waals surface area contributed by atoms with Crippen LogP contribution in [0.25, 0.3) is 0 Å². The van der Waals surface area contributed by atoms with Crippen molar-refractivity contribution in [2.75, 3.05) is 13.1 Å². The van der Waals surface area contributed by atoms with Crippen LogP contribution in [0.4, 0.5) is 4.39 Å². The third kappa shape index (κ3) is 4.27. The van der Waals surface area contributed by atoms with Crippen LogP contribution in [0.5, 0.6) is 0 Å². The van der Waals surface area contributed by atoms with Gasteiger partial charge in [-0.05, 0) is 67.7 Å². The van der Waals surface area contributed by atoms with Crippen LogP contribution >= 0.6 is 15.9 Å². The van der Waals surface area contributed by atoms with Gasteiger partial charge >= 0.3 is 0 Å². The Balaban J connectivity index is 1.93. The van der Waals surface area contributed by atoms with Gasteiger partial charge in [0.25, 0.3) is 5.91 Å². The standard InChI is InChI=1S/C16H22BrFN2O/c1-16(2,3)20-8-6-12(7-9-20)19-15(21)13-5-4-11(18)10-14(13)17/h4-5,10,12H,6-9H2,1-3H3,(H,19,21). The van der Waals surface area contributed by atoms with E-state index in [0.29, 0.717) is 10.0 Å². The van der Waals surface area contributed by atoms with E-state index in [-0.39, 0.29) is 23.3 Å². The van der Waals surface area contributed by atoms with E-state index in [1.54, 1.807) is 0 Å². The van der Waals surface area contributed by atoms with Crippen molar-refractivity contribution in [2.45, 2.75) is 45.2 Å². The molecule has 1 aliphatic heterocycles. The second-order valence-corrected chi connectivity index (χ2v) is 7.38. The normalized spacial score (nSPS) is 17.8. The Kier molecular flexibility index (Phi) is 5.04. The summed E-state index contributed by atoms with van der Waals surface area (Å²) < 4.78 is 13.5. The number of nitrogens with zero attached hydrogens (tertiary/aromatic N) is 1. The molecular formula is C16H22BrFN2O. The molecule has 1 aromatic rings. The Bertz CT molecular complexity index is 519. The highest BCUT2D eigenvalue weighted by Crippen LogP contribution is 2.22. The molecule has 0 radical (unpaired) electrons. The van der Waals surface area contributed by atoms with E-state index in [1.165, 1.54) is 18.2 Å². The third-order valence-electron chi connectivity index (χ3n) is 3.95. The molecular weight excluding hydrogens is 335 g/mol. The molecule has 0 aliphatic carbocycles. The zero-order valence-electron chi connectivity index (χ0n) is 12.7. The zero-order chi connectivity index (χ0) is 15.6. The van der Waals surface area contributed by atoms with E-state index in [0.717, 1.165) is 25.9 Å². The monoisotopic (exact) mass is 356 g/mol. The predicted molar refractivity (Wildman–Crippen MR) is 85.9 cm³/mol. The fraction of sp³-hybridized carbons (Fsp3) is 0.562. The number of nitrogens with one attached hydrogen (secondary N) is 1. The van der Waals surface area contributed by atoms with Gasteiger partial charge in [0.05, 0.1) is 5.56 Å². The number of benzene rings is 1. The topological polar surface area (TPSA) is 32.3 Å². The molecule has 1 aromatic carbocycles. The van der Waals surface area contributed by atoms with Crippen LogP contribution in [0.1, 0.15) is 44.0 Å². The first kappa shape index (κ1) is 16.4. The minimum Gasteiger partial charge on any atom is -0.349 e. The predicted octanol–water partition coefficient (Wildman–Crippen LogP) is 3.58. The first-order valence-electron chi connectivity index (χ1n) is 7.28. The maximum atomic E-state index is 13.1. The summed E-state index contributed by atoms with van der Waals surface area (Å²) >= 11 is 3.24. The molecule has 0 unspecified atom stereocenters. The minimum absolute atomic E-state index is 0.143. The van der Waals surface area contributed by atoms with E-state index in [1.807, 2.05) is 0 Å². The largest absolute Gasteiger partial charge is 0.349 e. The second-order valence-electron chi connectivity index (χ2n) is 6.53. The number of carbonyl (C=O) groups is 1. The van der Waals surface area contributed by atoms with Crippen molar-refractivity contribution in [3.8, 4) is 0 Å². The number of rotatable bonds is 2. The Hall–Kier alpha value is -0.940. The number of hydrogen-bond acceptors (Lipinski definition) is 2. The van der Waals surface area contributed by atoms with Crippen LogP contribution in [0.2, 0.25) is 0 Å². The molecule has 5 heteroatoms. The highest BCUT2D eigenvalue weighted by atomic mass is 79.9. The summed E-state index contributed by atoms with van der Waals surface area (Å²) in [5, 5.41) is 3.05. The molecule has 1 N–H and O–H groups in total. The number of carbonyl (C=O) groups excluding carboxylic acids is 1. The molecule has 3 nitrogen and oxygen atoms in total. The van der Waals surface area contributed by atoms with E-state index in [2.05, 4.69) is 46.9 Å². The van der Waals surface area contributed by atoms with Gasteiger partial charge in [-0.15, -0.1) is 0 Å². The van der Waals surface area contributed by atoms with Gasteiger partial charge in [0.2, 0.25) is 0 Å². The molecule has 0 aromatic heterocycles. The average Bonchev–Trinajstić information content (AvgIpc) is 2.38. The van der Waals surface area contributed by atoms with Gasteiger partial charge < -0.3 is 5.32 Å². The second kappa shape index (κ2) is 6.44. The lowest BCUT2D eigenvalue weighted by Crippen LogP contribution is -2.50. The summed E-state index contributed by atoms with van der Waals surface area (Å²) in [6.07, 6.45) is 1.89. The highest BCUT2D eigenvalue weighted by Gasteiger charge is 2.27. The molecule has 1 amide bonds. The van der Waals surface area contributed by atoms with Gasteiger partial charge in [-0.3, -0.25) is 9.69 Å². The highest BCUT2D eigenvalue weighted by molar-refractivity contribution is 9.10. The van der Waals surface area contributed by atoms with Crippen LogP contribution in [-0.4, -0.2) is 35.5 Å². The van der Waals surface area contributed by atoms with Crippen molar-refractivity contribution in [2.24, 2.45) is 0 Å². The molecule has 0 saturated carbocycles. The first-order chi connectivity index (χ1) is 9.77. The number of amides is 1. The number of halogens is 2. The van der Waals surface area contributed by atoms with Gasteiger partial charge in [-0.2, -0.15) is 0 Å². The third-order valence-corrected chi connectivity index (χ3v) is 4.61. The number of likely N-dealkylation sites (tertiary alicyclic amines) is 1. The first-order valence-corrected chi connectivity index (χ1v) is 8.07. The van der Waals surface area contributed by atoms with Crippen molar-refractivity contribution < 1.29 is 9.18 Å². The van der Waals surface area contributed by atoms with E-state index >= 15 is 0 Å². The summed E-state index contributed by atoms with van der Waals surface area (Å²) in [5.74, 6) is -0.493. The Morgan fingerprint density at radius 3 is 2.48 bits per heavy atom. The molecule has 2 rings (SSSR count). The number of hydrogen-bond donors (Lipinski definition) is 1. The Morgan fingerprint density at radius 1 is 1.33 bits per heavy atom. The van der Waals surface area contributed by atoms with Gasteiger partial charge in [-0.25, -0.2) is 4.39 Å². The van der Waals surface area contributed by atoms with E-state index < -0.39 is 0 Å². The lowest BCUT2D eigenvalue weighted by atomic mass is 9.98. The Morgan fingerprint density at radius 2 is 1.95 bits per heavy atom. The van der Waals surface area contributed by atoms with Crippen LogP contribution in [0, 0.1) is 5.82 Å². The maximum absolute atomic E-state index is 13.1. The maximum Gasteiger partial charge on any atom is 0.252 e. The fourth-order valence-corrected chi connectivity index (χ4v) is 3.16. The number of piperidine rings is 1. The molecule has 0 atom stereocenters. The molecule has 1 aliphatic rings. The lowest BCUT2D eigenvalue weighted by Gasteiger charge is -2.41. The smallest absolute Gasteiger partial charge is 0.252 e. The van der Waals surface area contributed by atoms with Crippen molar-refractivity contribution in [1.29, 1.82) is 0 Å². The van der Waals surface area contributed by atoms with Gasteiger partial charge in [0.15, 0.2) is 0 Å². The van der Waals surface area contributed by atoms with Gasteiger partial charge in [0, 0.05) is 29.1 Å². The summed E-state index contributed by atoms with van der Waals surface area (Å²) in [5.41, 5.74) is 0.657. The summed E-state index contributed by atoms with van der Waals surface area (Å²) in [6.45, 7) is 8.60. The van der Waals surface area contributed by atoms with Crippen LogP contribution in [0.3, 0.4) is 0 Å². The van der Waals surface area contributed by atoms with Crippen molar-refractivity contribution in [3.05, 3.63) is 34.1 Å². The average molecular weight is 357 g/mol. The lowest BCUT2D eigenvalue weighted by molar-refractivity contribution is 0.0812. The summed E-state index contributed by atoms with van der Waals surface area (Å²) in [7, 11) is 0. The van der Waals surface area contributed by atoms with Gasteiger partial charge in [0.1, 0.15) is 5.82 Å². The van der Waals surface area contributed by atoms with Crippen molar-refractivity contribution in [3.63, 3.8) is 0 Å². The molecule has 1 heterocycles. The molecule has 0 spiro atoms. The molecule has 21 heavy (non-hydrogen) atoms. The molecule has 116 valence electrons. The van der Waals surface area contributed by atoms with Gasteiger partial charge in [-0.1, -0.05) is 0 Å². The molecule has 1 saturated heterocycles. The van der Waals surface area contributed by atoms with E-state index in [4.69, 9.17) is 0 Å². The minimum atomic E-state index is -0.350. The zero-order valence-corrected chi connectivity index (χ0v) is 14.3. The SMILES string of the molecule is CC(C)(C)N1CCC(NC(=O)c2ccc(F)cc2Br)CC1. The van der Waals surface area contributed by atoms with Crippen molar-refractivity contribution in [1.82, 2.24) is 10.2 Å². The Labute approximate surface area is 134 Å². The van der Waals surface area contributed by atoms with Crippen LogP contribution in [-0.2, 0) is 0 Å². The van der Waals surface area contributed by atoms with Crippen LogP contribution in [0.15, 0.2) is 22.7 Å². The van der Waals surface area contributed by atoms with Crippen LogP contribution < -0.4 is 5.32 Å². The quantitative estimate of drug-likeness (QED) is 0.878. The fourth-order valence-electron chi connectivity index (χ4n) is 2.63. The van der Waals surface area contributed by atoms with Crippen molar-refractivity contribution >= 4 is 21.8 Å². The molecule has 1 fully saturated rings.